The molecule has 6 nitrogen and oxygen atoms in total. The molecule has 3 rings (SSSR count). The molecule has 1 aliphatic heterocycles. The summed E-state index contributed by atoms with van der Waals surface area (Å²) in [6.45, 7) is 2.49. The van der Waals surface area contributed by atoms with Gasteiger partial charge in [0.05, 0.1) is 26.4 Å². The average Bonchev–Trinajstić information content (AvgIpc) is 3.47. The average molecular weight is 375 g/mol. The van der Waals surface area contributed by atoms with Gasteiger partial charge in [-0.1, -0.05) is 30.3 Å². The van der Waals surface area contributed by atoms with Gasteiger partial charge < -0.3 is 14.2 Å². The number of benzene rings is 1. The first-order valence-electron chi connectivity index (χ1n) is 9.56. The van der Waals surface area contributed by atoms with E-state index in [2.05, 4.69) is 17.0 Å². The van der Waals surface area contributed by atoms with Crippen LogP contribution in [0.1, 0.15) is 37.7 Å². The van der Waals surface area contributed by atoms with Crippen LogP contribution in [0.4, 0.5) is 0 Å². The lowest BCUT2D eigenvalue weighted by molar-refractivity contribution is -0.159. The highest BCUT2D eigenvalue weighted by molar-refractivity contribution is 5.77. The van der Waals surface area contributed by atoms with E-state index in [-0.39, 0.29) is 17.5 Å². The van der Waals surface area contributed by atoms with Crippen molar-refractivity contribution in [2.75, 3.05) is 33.9 Å². The van der Waals surface area contributed by atoms with Crippen molar-refractivity contribution in [3.8, 4) is 0 Å². The lowest BCUT2D eigenvalue weighted by Crippen LogP contribution is -2.45. The summed E-state index contributed by atoms with van der Waals surface area (Å²) in [6, 6.07) is 10.3. The number of nitrogens with zero attached hydrogens (tertiary/aromatic N) is 1. The predicted octanol–water partition coefficient (Wildman–Crippen LogP) is 2.55. The first-order chi connectivity index (χ1) is 13.0. The Labute approximate surface area is 160 Å². The molecule has 1 atom stereocenters. The van der Waals surface area contributed by atoms with Crippen molar-refractivity contribution in [3.05, 3.63) is 35.9 Å². The van der Waals surface area contributed by atoms with Gasteiger partial charge in [-0.05, 0) is 31.2 Å². The molecule has 6 heteroatoms. The molecule has 0 bridgehead atoms. The molecule has 0 radical (unpaired) electrons. The van der Waals surface area contributed by atoms with Gasteiger partial charge in [-0.25, -0.2) is 0 Å². The predicted molar refractivity (Wildman–Crippen MR) is 100.0 cm³/mol. The van der Waals surface area contributed by atoms with Crippen LogP contribution in [0.2, 0.25) is 0 Å². The Kier molecular flexibility index (Phi) is 6.17. The molecule has 1 spiro atoms. The van der Waals surface area contributed by atoms with Gasteiger partial charge in [-0.3, -0.25) is 14.5 Å². The fraction of sp³-hybridized carbons (Fsp3) is 0.619. The number of esters is 2. The topological polar surface area (TPSA) is 65.1 Å². The molecule has 1 aromatic rings. The van der Waals surface area contributed by atoms with E-state index in [1.54, 1.807) is 0 Å². The molecule has 148 valence electrons. The maximum absolute atomic E-state index is 12.8. The zero-order chi connectivity index (χ0) is 19.3. The van der Waals surface area contributed by atoms with Gasteiger partial charge >= 0.3 is 11.9 Å². The summed E-state index contributed by atoms with van der Waals surface area (Å²) in [5, 5.41) is 0. The minimum Gasteiger partial charge on any atom is -0.469 e. The van der Waals surface area contributed by atoms with E-state index in [9.17, 15) is 9.59 Å². The Bertz CT molecular complexity index is 658. The van der Waals surface area contributed by atoms with Crippen LogP contribution in [0.25, 0.3) is 0 Å². The summed E-state index contributed by atoms with van der Waals surface area (Å²) >= 11 is 0. The molecule has 0 N–H and O–H groups in total. The van der Waals surface area contributed by atoms with Gasteiger partial charge in [0.15, 0.2) is 0 Å². The fourth-order valence-electron chi connectivity index (χ4n) is 3.94. The molecule has 2 aliphatic rings. The van der Waals surface area contributed by atoms with E-state index in [0.717, 1.165) is 25.9 Å². The number of hydrogen-bond donors (Lipinski definition) is 0. The largest absolute Gasteiger partial charge is 0.469 e. The Morgan fingerprint density at radius 3 is 2.48 bits per heavy atom. The maximum Gasteiger partial charge on any atom is 0.315 e. The molecule has 1 saturated carbocycles. The fourth-order valence-corrected chi connectivity index (χ4v) is 3.94. The van der Waals surface area contributed by atoms with Crippen molar-refractivity contribution in [1.29, 1.82) is 0 Å². The highest BCUT2D eigenvalue weighted by atomic mass is 16.5. The third kappa shape index (κ3) is 4.87. The third-order valence-corrected chi connectivity index (χ3v) is 5.63. The normalized spacial score (nSPS) is 24.2. The monoisotopic (exact) mass is 375 g/mol. The molecule has 1 heterocycles. The summed E-state index contributed by atoms with van der Waals surface area (Å²) in [7, 11) is 2.80. The summed E-state index contributed by atoms with van der Waals surface area (Å²) < 4.78 is 16.1. The van der Waals surface area contributed by atoms with E-state index in [1.807, 2.05) is 18.2 Å². The zero-order valence-corrected chi connectivity index (χ0v) is 16.2. The number of ether oxygens (including phenoxy) is 3. The van der Waals surface area contributed by atoms with Crippen molar-refractivity contribution in [2.45, 2.75) is 44.2 Å². The van der Waals surface area contributed by atoms with Crippen molar-refractivity contribution in [3.63, 3.8) is 0 Å². The number of rotatable bonds is 7. The Morgan fingerprint density at radius 1 is 1.11 bits per heavy atom. The second-order valence-corrected chi connectivity index (χ2v) is 7.80. The SMILES string of the molecule is COC(=O)CCCC1(C(=O)OC)COC2(CC2)CN(Cc2ccccc2)C1. The number of carbonyl (C=O) groups is 2. The molecule has 27 heavy (non-hydrogen) atoms. The van der Waals surface area contributed by atoms with Gasteiger partial charge in [0, 0.05) is 26.1 Å². The highest BCUT2D eigenvalue weighted by Crippen LogP contribution is 2.45. The second-order valence-electron chi connectivity index (χ2n) is 7.80. The van der Waals surface area contributed by atoms with Gasteiger partial charge in [0.25, 0.3) is 0 Å². The van der Waals surface area contributed by atoms with Crippen LogP contribution in [0.5, 0.6) is 0 Å². The van der Waals surface area contributed by atoms with Crippen LogP contribution in [0.15, 0.2) is 30.3 Å². The van der Waals surface area contributed by atoms with E-state index in [4.69, 9.17) is 14.2 Å². The minimum absolute atomic E-state index is 0.132. The third-order valence-electron chi connectivity index (χ3n) is 5.63. The first-order valence-corrected chi connectivity index (χ1v) is 9.56. The Balaban J connectivity index is 1.77. The van der Waals surface area contributed by atoms with Crippen LogP contribution < -0.4 is 0 Å². The maximum atomic E-state index is 12.8. The van der Waals surface area contributed by atoms with E-state index < -0.39 is 5.41 Å². The molecule has 0 amide bonds. The second kappa shape index (κ2) is 8.40. The van der Waals surface area contributed by atoms with Crippen LogP contribution in [0.3, 0.4) is 0 Å². The van der Waals surface area contributed by atoms with E-state index in [1.165, 1.54) is 19.8 Å². The van der Waals surface area contributed by atoms with Crippen LogP contribution >= 0.6 is 0 Å². The van der Waals surface area contributed by atoms with Crippen LogP contribution in [0, 0.1) is 5.41 Å². The Morgan fingerprint density at radius 2 is 1.85 bits per heavy atom. The summed E-state index contributed by atoms with van der Waals surface area (Å²) in [4.78, 5) is 26.6. The smallest absolute Gasteiger partial charge is 0.315 e. The zero-order valence-electron chi connectivity index (χ0n) is 16.2. The van der Waals surface area contributed by atoms with Crippen molar-refractivity contribution in [1.82, 2.24) is 4.90 Å². The minimum atomic E-state index is -0.760. The molecular formula is C21H29NO5. The summed E-state index contributed by atoms with van der Waals surface area (Å²) in [6.07, 6.45) is 3.45. The Hall–Kier alpha value is -1.92. The van der Waals surface area contributed by atoms with Crippen LogP contribution in [-0.4, -0.2) is 56.4 Å². The van der Waals surface area contributed by atoms with Crippen LogP contribution in [-0.2, 0) is 30.3 Å². The summed E-state index contributed by atoms with van der Waals surface area (Å²) in [5.41, 5.74) is 0.319. The molecule has 1 aromatic carbocycles. The molecule has 1 aliphatic carbocycles. The highest BCUT2D eigenvalue weighted by Gasteiger charge is 2.53. The first kappa shape index (κ1) is 19.8. The number of methoxy groups -OCH3 is 2. The van der Waals surface area contributed by atoms with Crippen molar-refractivity contribution in [2.24, 2.45) is 5.41 Å². The van der Waals surface area contributed by atoms with Crippen molar-refractivity contribution >= 4 is 11.9 Å². The summed E-state index contributed by atoms with van der Waals surface area (Å²) in [5.74, 6) is -0.521. The lowest BCUT2D eigenvalue weighted by Gasteiger charge is -2.33. The van der Waals surface area contributed by atoms with Gasteiger partial charge in [-0.15, -0.1) is 0 Å². The molecule has 1 unspecified atom stereocenters. The van der Waals surface area contributed by atoms with Crippen molar-refractivity contribution < 1.29 is 23.8 Å². The number of hydrogen-bond acceptors (Lipinski definition) is 6. The molecule has 1 saturated heterocycles. The van der Waals surface area contributed by atoms with E-state index >= 15 is 0 Å². The van der Waals surface area contributed by atoms with Gasteiger partial charge in [0.2, 0.25) is 0 Å². The van der Waals surface area contributed by atoms with E-state index in [0.29, 0.717) is 32.4 Å². The quantitative estimate of drug-likeness (QED) is 0.683. The molecule has 2 fully saturated rings. The molecule has 0 aromatic heterocycles. The molecular weight excluding hydrogens is 346 g/mol. The standard InChI is InChI=1S/C21H29NO5/c1-25-18(23)9-6-10-20(19(24)26-2)14-22(13-17-7-4-3-5-8-17)15-21(11-12-21)27-16-20/h3-5,7-8H,6,9-16H2,1-2H3. The van der Waals surface area contributed by atoms with Gasteiger partial charge in [0.1, 0.15) is 5.41 Å². The number of carbonyl (C=O) groups excluding carboxylic acids is 2. The lowest BCUT2D eigenvalue weighted by atomic mass is 9.82. The van der Waals surface area contributed by atoms with Gasteiger partial charge in [-0.2, -0.15) is 0 Å².